The number of alkyl halides is 3. The molecule has 0 spiro atoms. The lowest BCUT2D eigenvalue weighted by atomic mass is 10.0. The Hall–Kier alpha value is -3.96. The first-order valence-electron chi connectivity index (χ1n) is 13.5. The van der Waals surface area contributed by atoms with E-state index in [9.17, 15) is 23.1 Å². The van der Waals surface area contributed by atoms with Crippen molar-refractivity contribution in [2.45, 2.75) is 51.6 Å². The van der Waals surface area contributed by atoms with Gasteiger partial charge in [0.05, 0.1) is 24.1 Å². The summed E-state index contributed by atoms with van der Waals surface area (Å²) in [6.07, 6.45) is -3.99. The van der Waals surface area contributed by atoms with Crippen LogP contribution in [0.25, 0.3) is 0 Å². The third-order valence-electron chi connectivity index (χ3n) is 6.78. The van der Waals surface area contributed by atoms with Crippen molar-refractivity contribution in [3.05, 3.63) is 82.4 Å². The minimum atomic E-state index is -4.86. The molecule has 1 heterocycles. The number of carbonyl (C=O) groups excluding carboxylic acids is 1. The molecule has 8 nitrogen and oxygen atoms in total. The summed E-state index contributed by atoms with van der Waals surface area (Å²) in [6.45, 7) is 5.62. The molecular formula is C31H33ClF3N3O5. The second kappa shape index (κ2) is 13.1. The third-order valence-corrected chi connectivity index (χ3v) is 7.03. The number of methoxy groups -OCH3 is 1. The summed E-state index contributed by atoms with van der Waals surface area (Å²) in [5.41, 5.74) is 2.52. The van der Waals surface area contributed by atoms with E-state index in [0.717, 1.165) is 5.56 Å². The number of fused-ring (bicyclic) bond motifs is 1. The molecule has 1 aliphatic rings. The Morgan fingerprint density at radius 3 is 2.47 bits per heavy atom. The quantitative estimate of drug-likeness (QED) is 0.138. The molecule has 0 bridgehead atoms. The van der Waals surface area contributed by atoms with Gasteiger partial charge in [-0.3, -0.25) is 4.79 Å². The van der Waals surface area contributed by atoms with Crippen molar-refractivity contribution in [2.24, 2.45) is 5.16 Å². The van der Waals surface area contributed by atoms with Gasteiger partial charge in [-0.1, -0.05) is 35.0 Å². The number of hydrogen-bond donors (Lipinski definition) is 2. The fourth-order valence-corrected chi connectivity index (χ4v) is 4.68. The summed E-state index contributed by atoms with van der Waals surface area (Å²) in [7, 11) is 1.51. The number of nitrogens with zero attached hydrogens (tertiary/aromatic N) is 2. The molecular weight excluding hydrogens is 587 g/mol. The molecule has 1 amide bonds. The molecule has 0 aromatic heterocycles. The highest BCUT2D eigenvalue weighted by atomic mass is 35.5. The van der Waals surface area contributed by atoms with E-state index in [1.54, 1.807) is 63.2 Å². The van der Waals surface area contributed by atoms with Crippen LogP contribution in [-0.4, -0.2) is 49.0 Å². The lowest BCUT2D eigenvalue weighted by Crippen LogP contribution is -2.37. The number of oxime groups is 1. The van der Waals surface area contributed by atoms with Gasteiger partial charge in [0.2, 0.25) is 0 Å². The molecule has 43 heavy (non-hydrogen) atoms. The number of hydrogen-bond acceptors (Lipinski definition) is 7. The molecule has 3 aromatic carbocycles. The van der Waals surface area contributed by atoms with Crippen LogP contribution in [0, 0.1) is 0 Å². The van der Waals surface area contributed by atoms with Crippen LogP contribution in [0.1, 0.15) is 49.9 Å². The smallest absolute Gasteiger partial charge is 0.497 e. The van der Waals surface area contributed by atoms with Gasteiger partial charge in [0.1, 0.15) is 24.1 Å². The van der Waals surface area contributed by atoms with Crippen molar-refractivity contribution in [3.63, 3.8) is 0 Å². The van der Waals surface area contributed by atoms with Gasteiger partial charge in [0, 0.05) is 41.4 Å². The summed E-state index contributed by atoms with van der Waals surface area (Å²) in [6, 6.07) is 15.1. The van der Waals surface area contributed by atoms with E-state index in [0.29, 0.717) is 51.8 Å². The van der Waals surface area contributed by atoms with E-state index in [-0.39, 0.29) is 19.1 Å². The van der Waals surface area contributed by atoms with Gasteiger partial charge in [0.15, 0.2) is 0 Å². The number of benzene rings is 3. The molecule has 1 unspecified atom stereocenters. The van der Waals surface area contributed by atoms with Crippen LogP contribution in [0.3, 0.4) is 0 Å². The van der Waals surface area contributed by atoms with Crippen LogP contribution < -0.4 is 19.7 Å². The number of anilines is 2. The molecule has 0 saturated carbocycles. The highest BCUT2D eigenvalue weighted by molar-refractivity contribution is 6.30. The van der Waals surface area contributed by atoms with Crippen molar-refractivity contribution < 1.29 is 37.4 Å². The molecule has 0 aliphatic carbocycles. The predicted molar refractivity (Wildman–Crippen MR) is 159 cm³/mol. The van der Waals surface area contributed by atoms with E-state index in [2.05, 4.69) is 15.2 Å². The average molecular weight is 620 g/mol. The van der Waals surface area contributed by atoms with E-state index < -0.39 is 23.8 Å². The number of carbonyl (C=O) groups is 1. The number of ether oxygens (including phenoxy) is 2. The molecule has 3 aromatic rings. The van der Waals surface area contributed by atoms with Gasteiger partial charge < -0.3 is 29.6 Å². The van der Waals surface area contributed by atoms with Crippen LogP contribution >= 0.6 is 11.6 Å². The Bertz CT molecular complexity index is 1470. The van der Waals surface area contributed by atoms with E-state index in [1.807, 2.05) is 0 Å². The van der Waals surface area contributed by atoms with Crippen molar-refractivity contribution in [1.82, 2.24) is 0 Å². The lowest BCUT2D eigenvalue weighted by molar-refractivity contribution is -0.274. The van der Waals surface area contributed by atoms with E-state index >= 15 is 0 Å². The maximum absolute atomic E-state index is 14.1. The van der Waals surface area contributed by atoms with Gasteiger partial charge in [-0.2, -0.15) is 0 Å². The Balaban J connectivity index is 1.65. The summed E-state index contributed by atoms with van der Waals surface area (Å²) in [5.74, 6) is -0.289. The van der Waals surface area contributed by atoms with Crippen molar-refractivity contribution in [3.8, 4) is 11.5 Å². The maximum atomic E-state index is 14.1. The first-order chi connectivity index (χ1) is 20.2. The molecule has 12 heteroatoms. The van der Waals surface area contributed by atoms with E-state index in [4.69, 9.17) is 21.2 Å². The fourth-order valence-electron chi connectivity index (χ4n) is 4.55. The summed E-state index contributed by atoms with van der Waals surface area (Å²) >= 11 is 6.12. The first-order valence-corrected chi connectivity index (χ1v) is 13.9. The summed E-state index contributed by atoms with van der Waals surface area (Å²) in [5, 5.41) is 17.8. The second-order valence-corrected chi connectivity index (χ2v) is 11.2. The van der Waals surface area contributed by atoms with Crippen molar-refractivity contribution in [1.29, 1.82) is 0 Å². The Morgan fingerprint density at radius 1 is 1.09 bits per heavy atom. The third kappa shape index (κ3) is 8.77. The van der Waals surface area contributed by atoms with Gasteiger partial charge in [-0.05, 0) is 68.7 Å². The minimum absolute atomic E-state index is 0.218. The zero-order chi connectivity index (χ0) is 31.4. The van der Waals surface area contributed by atoms with Gasteiger partial charge in [-0.15, -0.1) is 13.2 Å². The molecule has 4 rings (SSSR count). The number of amides is 1. The molecule has 0 saturated heterocycles. The zero-order valence-corrected chi connectivity index (χ0v) is 24.9. The number of nitrogens with one attached hydrogen (secondary N) is 1. The SMILES string of the molecule is COc1cc(NC(C(=O)N2CCc3ccc(OC(F)(F)F)cc32)c2ccc(Cl)cc2)cc(C(C)=NOCCC(C)(C)O)c1. The van der Waals surface area contributed by atoms with Crippen LogP contribution in [0.5, 0.6) is 11.5 Å². The maximum Gasteiger partial charge on any atom is 0.573 e. The predicted octanol–water partition coefficient (Wildman–Crippen LogP) is 6.89. The van der Waals surface area contributed by atoms with Gasteiger partial charge >= 0.3 is 6.36 Å². The molecule has 2 N–H and O–H groups in total. The van der Waals surface area contributed by atoms with E-state index in [1.165, 1.54) is 30.2 Å². The summed E-state index contributed by atoms with van der Waals surface area (Å²) in [4.78, 5) is 20.9. The topological polar surface area (TPSA) is 92.6 Å². The molecule has 1 aliphatic heterocycles. The Labute approximate surface area is 253 Å². The lowest BCUT2D eigenvalue weighted by Gasteiger charge is -2.27. The normalized spacial score (nSPS) is 14.3. The van der Waals surface area contributed by atoms with Crippen molar-refractivity contribution in [2.75, 3.05) is 30.5 Å². The van der Waals surface area contributed by atoms with Crippen LogP contribution in [-0.2, 0) is 16.1 Å². The van der Waals surface area contributed by atoms with Crippen LogP contribution in [0.15, 0.2) is 65.8 Å². The first kappa shape index (κ1) is 32.0. The van der Waals surface area contributed by atoms with Gasteiger partial charge in [0.25, 0.3) is 5.91 Å². The molecule has 0 fully saturated rings. The average Bonchev–Trinajstić information content (AvgIpc) is 3.36. The largest absolute Gasteiger partial charge is 0.573 e. The number of halogens is 4. The Morgan fingerprint density at radius 2 is 1.81 bits per heavy atom. The van der Waals surface area contributed by atoms with Crippen LogP contribution in [0.4, 0.5) is 24.5 Å². The highest BCUT2D eigenvalue weighted by Gasteiger charge is 2.34. The monoisotopic (exact) mass is 619 g/mol. The fraction of sp³-hybridized carbons (Fsp3) is 0.355. The number of aliphatic hydroxyl groups is 1. The molecule has 1 atom stereocenters. The molecule has 0 radical (unpaired) electrons. The highest BCUT2D eigenvalue weighted by Crippen LogP contribution is 2.36. The second-order valence-electron chi connectivity index (χ2n) is 10.7. The van der Waals surface area contributed by atoms with Crippen molar-refractivity contribution >= 4 is 34.6 Å². The zero-order valence-electron chi connectivity index (χ0n) is 24.2. The van der Waals surface area contributed by atoms with Gasteiger partial charge in [-0.25, -0.2) is 0 Å². The van der Waals surface area contributed by atoms with Crippen LogP contribution in [0.2, 0.25) is 5.02 Å². The summed E-state index contributed by atoms with van der Waals surface area (Å²) < 4.78 is 48.3. The minimum Gasteiger partial charge on any atom is -0.497 e. The molecule has 230 valence electrons. The number of rotatable bonds is 11. The standard InChI is InChI=1S/C31H33ClF3N3O5/c1-19(37-42-14-12-30(2,3)40)22-15-24(17-26(16-22)41-4)36-28(21-5-8-23(32)9-6-21)29(39)38-13-11-20-7-10-25(18-27(20)38)43-31(33,34)35/h5-10,15-18,28,36,40H,11-14H2,1-4H3. The Kier molecular flexibility index (Phi) is 9.76.